The summed E-state index contributed by atoms with van der Waals surface area (Å²) < 4.78 is 1.94. The summed E-state index contributed by atoms with van der Waals surface area (Å²) in [7, 11) is 0. The minimum Gasteiger partial charge on any atom is -0.282 e. The number of unbranched alkanes of at least 4 members (excludes halogenated alkanes) is 1. The zero-order valence-corrected chi connectivity index (χ0v) is 14.3. The highest BCUT2D eigenvalue weighted by atomic mass is 15.4. The molecule has 0 amide bonds. The Balaban J connectivity index is 1.38. The maximum atomic E-state index is 4.33. The maximum absolute atomic E-state index is 4.33. The summed E-state index contributed by atoms with van der Waals surface area (Å²) in [4.78, 5) is 0. The van der Waals surface area contributed by atoms with Gasteiger partial charge in [-0.25, -0.2) is 0 Å². The first-order chi connectivity index (χ1) is 12.3. The lowest BCUT2D eigenvalue weighted by Gasteiger charge is -2.01. The molecule has 25 heavy (non-hydrogen) atoms. The summed E-state index contributed by atoms with van der Waals surface area (Å²) in [6.07, 6.45) is 5.38. The van der Waals surface area contributed by atoms with Crippen LogP contribution in [-0.4, -0.2) is 25.2 Å². The van der Waals surface area contributed by atoms with Crippen LogP contribution in [0.5, 0.6) is 0 Å². The second kappa shape index (κ2) is 6.89. The van der Waals surface area contributed by atoms with Crippen molar-refractivity contribution in [2.24, 2.45) is 0 Å². The molecule has 0 fully saturated rings. The van der Waals surface area contributed by atoms with Crippen LogP contribution in [0.4, 0.5) is 0 Å². The number of rotatable bonds is 6. The molecule has 2 heterocycles. The molecular weight excluding hydrogens is 310 g/mol. The molecule has 0 saturated carbocycles. The average Bonchev–Trinajstić information content (AvgIpc) is 3.27. The van der Waals surface area contributed by atoms with Crippen LogP contribution in [-0.2, 0) is 13.0 Å². The first kappa shape index (κ1) is 15.6. The molecule has 1 N–H and O–H groups in total. The number of nitrogens with one attached hydrogen (secondary N) is 1. The van der Waals surface area contributed by atoms with Gasteiger partial charge in [0.05, 0.1) is 11.7 Å². The van der Waals surface area contributed by atoms with Gasteiger partial charge in [0.1, 0.15) is 5.69 Å². The number of benzene rings is 2. The molecule has 2 aromatic heterocycles. The summed E-state index contributed by atoms with van der Waals surface area (Å²) in [5.41, 5.74) is 5.43. The zero-order valence-electron chi connectivity index (χ0n) is 14.3. The van der Waals surface area contributed by atoms with E-state index in [1.165, 1.54) is 5.56 Å². The predicted molar refractivity (Wildman–Crippen MR) is 99.2 cm³/mol. The van der Waals surface area contributed by atoms with E-state index in [0.29, 0.717) is 0 Å². The largest absolute Gasteiger partial charge is 0.282 e. The molecule has 0 unspecified atom stereocenters. The van der Waals surface area contributed by atoms with E-state index in [9.17, 15) is 0 Å². The fourth-order valence-electron chi connectivity index (χ4n) is 3.09. The van der Waals surface area contributed by atoms with Gasteiger partial charge >= 0.3 is 0 Å². The number of aryl methyl sites for hydroxylation is 3. The van der Waals surface area contributed by atoms with Crippen LogP contribution in [0.25, 0.3) is 22.2 Å². The molecule has 0 radical (unpaired) electrons. The van der Waals surface area contributed by atoms with Gasteiger partial charge in [0.2, 0.25) is 0 Å². The number of aromatic nitrogens is 5. The van der Waals surface area contributed by atoms with Crippen LogP contribution in [0.2, 0.25) is 0 Å². The second-order valence-corrected chi connectivity index (χ2v) is 6.39. The maximum Gasteiger partial charge on any atom is 0.113 e. The Morgan fingerprint density at radius 1 is 1.04 bits per heavy atom. The van der Waals surface area contributed by atoms with Crippen molar-refractivity contribution < 1.29 is 0 Å². The van der Waals surface area contributed by atoms with Gasteiger partial charge in [0.15, 0.2) is 0 Å². The topological polar surface area (TPSA) is 59.4 Å². The highest BCUT2D eigenvalue weighted by molar-refractivity contribution is 5.85. The molecule has 0 bridgehead atoms. The Kier molecular flexibility index (Phi) is 4.29. The van der Waals surface area contributed by atoms with Gasteiger partial charge in [-0.15, -0.1) is 5.10 Å². The van der Waals surface area contributed by atoms with Gasteiger partial charge in [-0.2, -0.15) is 5.10 Å². The summed E-state index contributed by atoms with van der Waals surface area (Å²) in [5, 5.41) is 17.0. The third kappa shape index (κ3) is 3.45. The standard InChI is InChI=1S/C20H21N5/c1-15-18-13-17(10-11-19(18)22-21-15)20-14-25(24-23-20)12-6-5-9-16-7-3-2-4-8-16/h2-4,7-8,10-11,13-14H,5-6,9,12H2,1H3,(H,21,22). The first-order valence-corrected chi connectivity index (χ1v) is 8.69. The van der Waals surface area contributed by atoms with Gasteiger partial charge in [-0.1, -0.05) is 41.6 Å². The third-order valence-corrected chi connectivity index (χ3v) is 4.52. The Morgan fingerprint density at radius 3 is 2.80 bits per heavy atom. The van der Waals surface area contributed by atoms with Crippen LogP contribution in [0.15, 0.2) is 54.7 Å². The van der Waals surface area contributed by atoms with Crippen LogP contribution >= 0.6 is 0 Å². The van der Waals surface area contributed by atoms with Crippen LogP contribution in [0, 0.1) is 6.92 Å². The van der Waals surface area contributed by atoms with Crippen molar-refractivity contribution in [1.82, 2.24) is 25.2 Å². The fourth-order valence-corrected chi connectivity index (χ4v) is 3.09. The molecule has 0 spiro atoms. The van der Waals surface area contributed by atoms with E-state index in [4.69, 9.17) is 0 Å². The molecule has 0 aliphatic rings. The summed E-state index contributed by atoms with van der Waals surface area (Å²) in [5.74, 6) is 0. The van der Waals surface area contributed by atoms with Crippen molar-refractivity contribution in [3.8, 4) is 11.3 Å². The minimum atomic E-state index is 0.896. The Labute approximate surface area is 146 Å². The Morgan fingerprint density at radius 2 is 1.92 bits per heavy atom. The number of nitrogens with zero attached hydrogens (tertiary/aromatic N) is 4. The first-order valence-electron chi connectivity index (χ1n) is 8.69. The van der Waals surface area contributed by atoms with E-state index in [1.54, 1.807) is 0 Å². The van der Waals surface area contributed by atoms with Gasteiger partial charge in [0.25, 0.3) is 0 Å². The number of hydrogen-bond acceptors (Lipinski definition) is 3. The molecule has 5 heteroatoms. The number of aromatic amines is 1. The minimum absolute atomic E-state index is 0.896. The summed E-state index contributed by atoms with van der Waals surface area (Å²) >= 11 is 0. The average molecular weight is 331 g/mol. The smallest absolute Gasteiger partial charge is 0.113 e. The van der Waals surface area contributed by atoms with E-state index in [2.05, 4.69) is 56.9 Å². The molecule has 0 aliphatic carbocycles. The van der Waals surface area contributed by atoms with Crippen molar-refractivity contribution in [1.29, 1.82) is 0 Å². The molecule has 0 saturated heterocycles. The molecule has 2 aromatic carbocycles. The zero-order chi connectivity index (χ0) is 17.1. The van der Waals surface area contributed by atoms with Crippen molar-refractivity contribution in [2.75, 3.05) is 0 Å². The van der Waals surface area contributed by atoms with E-state index in [1.807, 2.05) is 29.9 Å². The molecule has 4 aromatic rings. The van der Waals surface area contributed by atoms with E-state index < -0.39 is 0 Å². The predicted octanol–water partition coefficient (Wildman–Crippen LogP) is 4.15. The lowest BCUT2D eigenvalue weighted by molar-refractivity contribution is 0.541. The number of hydrogen-bond donors (Lipinski definition) is 1. The normalized spacial score (nSPS) is 11.2. The van der Waals surface area contributed by atoms with Gasteiger partial charge in [-0.05, 0) is 43.9 Å². The van der Waals surface area contributed by atoms with Crippen LogP contribution < -0.4 is 0 Å². The van der Waals surface area contributed by atoms with Crippen molar-refractivity contribution in [3.05, 3.63) is 66.0 Å². The second-order valence-electron chi connectivity index (χ2n) is 6.39. The molecule has 0 atom stereocenters. The van der Waals surface area contributed by atoms with Crippen LogP contribution in [0.1, 0.15) is 24.1 Å². The van der Waals surface area contributed by atoms with Crippen LogP contribution in [0.3, 0.4) is 0 Å². The van der Waals surface area contributed by atoms with Crippen molar-refractivity contribution >= 4 is 10.9 Å². The third-order valence-electron chi connectivity index (χ3n) is 4.52. The summed E-state index contributed by atoms with van der Waals surface area (Å²) in [6, 6.07) is 16.8. The Bertz CT molecular complexity index is 968. The monoisotopic (exact) mass is 331 g/mol. The SMILES string of the molecule is Cc1[nH]nc2ccc(-c3cn(CCCCc4ccccc4)nn3)cc12. The quantitative estimate of drug-likeness (QED) is 0.540. The van der Waals surface area contributed by atoms with Gasteiger partial charge in [-0.3, -0.25) is 9.78 Å². The molecule has 126 valence electrons. The Hall–Kier alpha value is -2.95. The highest BCUT2D eigenvalue weighted by Gasteiger charge is 2.07. The van der Waals surface area contributed by atoms with E-state index in [-0.39, 0.29) is 0 Å². The van der Waals surface area contributed by atoms with Gasteiger partial charge in [0, 0.05) is 23.2 Å². The molecule has 5 nitrogen and oxygen atoms in total. The lowest BCUT2D eigenvalue weighted by Crippen LogP contribution is -1.99. The number of fused-ring (bicyclic) bond motifs is 1. The number of H-pyrrole nitrogens is 1. The highest BCUT2D eigenvalue weighted by Crippen LogP contribution is 2.23. The van der Waals surface area contributed by atoms with Gasteiger partial charge < -0.3 is 0 Å². The van der Waals surface area contributed by atoms with E-state index in [0.717, 1.165) is 53.7 Å². The lowest BCUT2D eigenvalue weighted by atomic mass is 10.1. The van der Waals surface area contributed by atoms with E-state index >= 15 is 0 Å². The fraction of sp³-hybridized carbons (Fsp3) is 0.250. The van der Waals surface area contributed by atoms with Crippen molar-refractivity contribution in [3.63, 3.8) is 0 Å². The molecular formula is C20H21N5. The van der Waals surface area contributed by atoms with Crippen molar-refractivity contribution in [2.45, 2.75) is 32.7 Å². The molecule has 4 rings (SSSR count). The summed E-state index contributed by atoms with van der Waals surface area (Å²) in [6.45, 7) is 2.93. The molecule has 0 aliphatic heterocycles.